The van der Waals surface area contributed by atoms with Gasteiger partial charge in [-0.15, -0.1) is 0 Å². The second-order valence-electron chi connectivity index (χ2n) is 7.09. The summed E-state index contributed by atoms with van der Waals surface area (Å²) in [5, 5.41) is 3.94. The van der Waals surface area contributed by atoms with Gasteiger partial charge in [-0.05, 0) is 61.7 Å². The fourth-order valence-corrected chi connectivity index (χ4v) is 3.76. The van der Waals surface area contributed by atoms with Gasteiger partial charge in [0.15, 0.2) is 11.5 Å². The molecule has 0 bridgehead atoms. The number of carbonyl (C=O) groups excluding carboxylic acids is 1. The van der Waals surface area contributed by atoms with Crippen molar-refractivity contribution >= 4 is 27.8 Å². The zero-order valence-electron chi connectivity index (χ0n) is 18.8. The summed E-state index contributed by atoms with van der Waals surface area (Å²) in [6.45, 7) is 9.55. The van der Waals surface area contributed by atoms with E-state index >= 15 is 0 Å². The fraction of sp³-hybridized carbons (Fsp3) is 0.304. The molecule has 2 rings (SSSR count). The molecule has 0 unspecified atom stereocenters. The second-order valence-corrected chi connectivity index (χ2v) is 9.00. The lowest BCUT2D eigenvalue weighted by atomic mass is 10.1. The maximum atomic E-state index is 12.4. The van der Waals surface area contributed by atoms with Gasteiger partial charge >= 0.3 is 0 Å². The quantitative estimate of drug-likeness (QED) is 0.316. The van der Waals surface area contributed by atoms with Gasteiger partial charge in [-0.1, -0.05) is 24.8 Å². The van der Waals surface area contributed by atoms with Gasteiger partial charge in [-0.2, -0.15) is 5.10 Å². The molecule has 0 saturated heterocycles. The molecule has 9 heteroatoms. The minimum atomic E-state index is -3.67. The van der Waals surface area contributed by atoms with Crippen molar-refractivity contribution in [3.63, 3.8) is 0 Å². The molecule has 0 spiro atoms. The number of hydrogen-bond acceptors (Lipinski definition) is 6. The summed E-state index contributed by atoms with van der Waals surface area (Å²) in [6, 6.07) is 10.7. The van der Waals surface area contributed by atoms with E-state index in [2.05, 4.69) is 17.1 Å². The Bertz CT molecular complexity index is 1100. The fourth-order valence-electron chi connectivity index (χ4n) is 2.85. The SMILES string of the molecule is C=CCOc1ccc(/C=N/NC(=O)CN(c2cc(C)ccc2C)S(C)(=O)=O)cc1OCC. The first-order valence-corrected chi connectivity index (χ1v) is 11.9. The van der Waals surface area contributed by atoms with Crippen LogP contribution in [0.4, 0.5) is 5.69 Å². The molecule has 0 aliphatic heterocycles. The number of benzene rings is 2. The highest BCUT2D eigenvalue weighted by Gasteiger charge is 2.22. The smallest absolute Gasteiger partial charge is 0.260 e. The maximum absolute atomic E-state index is 12.4. The normalized spacial score (nSPS) is 11.2. The van der Waals surface area contributed by atoms with E-state index in [1.54, 1.807) is 37.3 Å². The first-order chi connectivity index (χ1) is 15.2. The molecule has 0 aliphatic rings. The van der Waals surface area contributed by atoms with Crippen LogP contribution in [0.1, 0.15) is 23.6 Å². The number of hydrogen-bond donors (Lipinski definition) is 1. The Labute approximate surface area is 189 Å². The molecule has 172 valence electrons. The van der Waals surface area contributed by atoms with E-state index in [1.165, 1.54) is 6.21 Å². The van der Waals surface area contributed by atoms with Crippen LogP contribution in [0.2, 0.25) is 0 Å². The van der Waals surface area contributed by atoms with Crippen molar-refractivity contribution < 1.29 is 22.7 Å². The molecule has 0 heterocycles. The van der Waals surface area contributed by atoms with Gasteiger partial charge in [0.05, 0.1) is 24.8 Å². The molecule has 0 aromatic heterocycles. The first-order valence-electron chi connectivity index (χ1n) is 10.0. The van der Waals surface area contributed by atoms with E-state index in [1.807, 2.05) is 26.0 Å². The zero-order chi connectivity index (χ0) is 23.7. The van der Waals surface area contributed by atoms with Gasteiger partial charge in [-0.3, -0.25) is 9.10 Å². The van der Waals surface area contributed by atoms with Crippen molar-refractivity contribution in [2.45, 2.75) is 20.8 Å². The minimum absolute atomic E-state index is 0.348. The molecular formula is C23H29N3O5S. The molecule has 8 nitrogen and oxygen atoms in total. The van der Waals surface area contributed by atoms with Crippen LogP contribution in [0.3, 0.4) is 0 Å². The van der Waals surface area contributed by atoms with Crippen LogP contribution in [0.15, 0.2) is 54.2 Å². The van der Waals surface area contributed by atoms with Crippen molar-refractivity contribution in [2.24, 2.45) is 5.10 Å². The van der Waals surface area contributed by atoms with Crippen LogP contribution in [-0.2, 0) is 14.8 Å². The highest BCUT2D eigenvalue weighted by atomic mass is 32.2. The summed E-state index contributed by atoms with van der Waals surface area (Å²) in [5.41, 5.74) is 5.15. The van der Waals surface area contributed by atoms with Gasteiger partial charge in [-0.25, -0.2) is 13.8 Å². The molecule has 2 aromatic carbocycles. The number of hydrazone groups is 1. The van der Waals surface area contributed by atoms with Crippen molar-refractivity contribution in [1.82, 2.24) is 5.43 Å². The third-order valence-electron chi connectivity index (χ3n) is 4.35. The Hall–Kier alpha value is -3.33. The number of nitrogens with one attached hydrogen (secondary N) is 1. The van der Waals surface area contributed by atoms with Crippen LogP contribution < -0.4 is 19.2 Å². The minimum Gasteiger partial charge on any atom is -0.490 e. The monoisotopic (exact) mass is 459 g/mol. The number of ether oxygens (including phenoxy) is 2. The van der Waals surface area contributed by atoms with Gasteiger partial charge in [0.25, 0.3) is 5.91 Å². The molecule has 1 N–H and O–H groups in total. The number of nitrogens with zero attached hydrogens (tertiary/aromatic N) is 2. The molecule has 0 radical (unpaired) electrons. The average Bonchev–Trinajstić information content (AvgIpc) is 2.73. The second kappa shape index (κ2) is 11.3. The Morgan fingerprint density at radius 3 is 2.56 bits per heavy atom. The standard InChI is InChI=1S/C23H29N3O5S/c1-6-12-31-21-11-10-19(14-22(21)30-7-2)15-24-25-23(27)16-26(32(5,28)29)20-13-17(3)8-9-18(20)4/h6,8-11,13-15H,1,7,12,16H2,2-5H3,(H,25,27)/b24-15+. The summed E-state index contributed by atoms with van der Waals surface area (Å²) < 4.78 is 36.8. The largest absolute Gasteiger partial charge is 0.490 e. The highest BCUT2D eigenvalue weighted by Crippen LogP contribution is 2.28. The zero-order valence-corrected chi connectivity index (χ0v) is 19.6. The molecular weight excluding hydrogens is 430 g/mol. The summed E-state index contributed by atoms with van der Waals surface area (Å²) in [4.78, 5) is 12.4. The number of carbonyl (C=O) groups is 1. The van der Waals surface area contributed by atoms with E-state index in [0.29, 0.717) is 36.0 Å². The molecule has 0 fully saturated rings. The number of amides is 1. The Morgan fingerprint density at radius 2 is 1.91 bits per heavy atom. The average molecular weight is 460 g/mol. The Balaban J connectivity index is 2.12. The molecule has 0 atom stereocenters. The highest BCUT2D eigenvalue weighted by molar-refractivity contribution is 7.92. The predicted molar refractivity (Wildman–Crippen MR) is 127 cm³/mol. The van der Waals surface area contributed by atoms with E-state index in [-0.39, 0.29) is 6.54 Å². The summed E-state index contributed by atoms with van der Waals surface area (Å²) >= 11 is 0. The number of aryl methyl sites for hydroxylation is 2. The van der Waals surface area contributed by atoms with Crippen LogP contribution in [0, 0.1) is 13.8 Å². The van der Waals surface area contributed by atoms with E-state index < -0.39 is 15.9 Å². The van der Waals surface area contributed by atoms with Crippen molar-refractivity contribution in [3.8, 4) is 11.5 Å². The van der Waals surface area contributed by atoms with E-state index in [4.69, 9.17) is 9.47 Å². The van der Waals surface area contributed by atoms with Gasteiger partial charge < -0.3 is 9.47 Å². The lowest BCUT2D eigenvalue weighted by Gasteiger charge is -2.23. The topological polar surface area (TPSA) is 97.3 Å². The van der Waals surface area contributed by atoms with Gasteiger partial charge in [0.1, 0.15) is 13.2 Å². The number of sulfonamides is 1. The lowest BCUT2D eigenvalue weighted by Crippen LogP contribution is -2.39. The lowest BCUT2D eigenvalue weighted by molar-refractivity contribution is -0.119. The first kappa shape index (κ1) is 24.9. The Kier molecular flexibility index (Phi) is 8.83. The van der Waals surface area contributed by atoms with Crippen molar-refractivity contribution in [1.29, 1.82) is 0 Å². The van der Waals surface area contributed by atoms with Gasteiger partial charge in [0, 0.05) is 0 Å². The third kappa shape index (κ3) is 7.12. The maximum Gasteiger partial charge on any atom is 0.260 e. The predicted octanol–water partition coefficient (Wildman–Crippen LogP) is 3.18. The van der Waals surface area contributed by atoms with Crippen LogP contribution >= 0.6 is 0 Å². The summed E-state index contributed by atoms with van der Waals surface area (Å²) in [7, 11) is -3.67. The van der Waals surface area contributed by atoms with Crippen LogP contribution in [0.5, 0.6) is 11.5 Å². The third-order valence-corrected chi connectivity index (χ3v) is 5.47. The van der Waals surface area contributed by atoms with Crippen molar-refractivity contribution in [3.05, 3.63) is 65.7 Å². The van der Waals surface area contributed by atoms with Crippen LogP contribution in [0.25, 0.3) is 0 Å². The van der Waals surface area contributed by atoms with Crippen molar-refractivity contribution in [2.75, 3.05) is 30.3 Å². The molecule has 0 saturated carbocycles. The van der Waals surface area contributed by atoms with Gasteiger partial charge in [0.2, 0.25) is 10.0 Å². The number of rotatable bonds is 11. The number of anilines is 1. The molecule has 0 aliphatic carbocycles. The molecule has 32 heavy (non-hydrogen) atoms. The van der Waals surface area contributed by atoms with Crippen LogP contribution in [-0.4, -0.2) is 46.6 Å². The molecule has 2 aromatic rings. The van der Waals surface area contributed by atoms with E-state index in [0.717, 1.165) is 21.7 Å². The Morgan fingerprint density at radius 1 is 1.16 bits per heavy atom. The van der Waals surface area contributed by atoms with E-state index in [9.17, 15) is 13.2 Å². The summed E-state index contributed by atoms with van der Waals surface area (Å²) in [5.74, 6) is 0.552. The summed E-state index contributed by atoms with van der Waals surface area (Å²) in [6.07, 6.45) is 4.15. The molecule has 1 amide bonds.